The molecule has 0 saturated heterocycles. The highest BCUT2D eigenvalue weighted by Gasteiger charge is 2.32. The standard InChI is InChI=1S/C10H7BO2/c1-2-8-4-6-12-11-10(8)9(3-1)5-7-13-11/h1-7H. The van der Waals surface area contributed by atoms with Crippen molar-refractivity contribution < 1.29 is 9.31 Å². The molecule has 2 aliphatic heterocycles. The first kappa shape index (κ1) is 6.84. The van der Waals surface area contributed by atoms with E-state index in [9.17, 15) is 0 Å². The Morgan fingerprint density at radius 3 is 2.15 bits per heavy atom. The molecule has 0 bridgehead atoms. The maximum atomic E-state index is 5.33. The molecule has 13 heavy (non-hydrogen) atoms. The Labute approximate surface area is 76.6 Å². The lowest BCUT2D eigenvalue weighted by molar-refractivity contribution is 0.356. The maximum Gasteiger partial charge on any atom is 0.633 e. The molecule has 0 N–H and O–H groups in total. The average molecular weight is 170 g/mol. The zero-order chi connectivity index (χ0) is 8.67. The molecule has 0 unspecified atom stereocenters. The van der Waals surface area contributed by atoms with Crippen molar-refractivity contribution in [3.8, 4) is 0 Å². The first-order valence-electron chi connectivity index (χ1n) is 4.22. The molecular weight excluding hydrogens is 163 g/mol. The van der Waals surface area contributed by atoms with Gasteiger partial charge in [0.2, 0.25) is 0 Å². The number of hydrogen-bond donors (Lipinski definition) is 0. The third-order valence-electron chi connectivity index (χ3n) is 2.31. The molecule has 0 spiro atoms. The summed E-state index contributed by atoms with van der Waals surface area (Å²) < 4.78 is 10.7. The van der Waals surface area contributed by atoms with Crippen molar-refractivity contribution in [2.75, 3.05) is 0 Å². The summed E-state index contributed by atoms with van der Waals surface area (Å²) in [6.45, 7) is 0. The molecule has 1 aromatic carbocycles. The van der Waals surface area contributed by atoms with Gasteiger partial charge in [-0.3, -0.25) is 0 Å². The van der Waals surface area contributed by atoms with Crippen molar-refractivity contribution in [1.29, 1.82) is 0 Å². The van der Waals surface area contributed by atoms with E-state index in [1.54, 1.807) is 12.5 Å². The summed E-state index contributed by atoms with van der Waals surface area (Å²) in [5.74, 6) is 0. The molecule has 2 aliphatic rings. The van der Waals surface area contributed by atoms with Crippen LogP contribution in [0.25, 0.3) is 12.2 Å². The number of rotatable bonds is 0. The van der Waals surface area contributed by atoms with Crippen LogP contribution < -0.4 is 5.46 Å². The van der Waals surface area contributed by atoms with Crippen LogP contribution in [-0.2, 0) is 9.31 Å². The van der Waals surface area contributed by atoms with E-state index >= 15 is 0 Å². The fourth-order valence-electron chi connectivity index (χ4n) is 1.70. The lowest BCUT2D eigenvalue weighted by Crippen LogP contribution is -2.41. The topological polar surface area (TPSA) is 18.5 Å². The van der Waals surface area contributed by atoms with E-state index in [1.807, 2.05) is 18.2 Å². The maximum absolute atomic E-state index is 5.33. The third-order valence-corrected chi connectivity index (χ3v) is 2.31. The Morgan fingerprint density at radius 1 is 0.923 bits per heavy atom. The van der Waals surface area contributed by atoms with Gasteiger partial charge in [0.25, 0.3) is 0 Å². The SMILES string of the molecule is C1=Cc2cccc3c2B(O1)OC=C3. The summed E-state index contributed by atoms with van der Waals surface area (Å²) in [5, 5.41) is 0. The monoisotopic (exact) mass is 170 g/mol. The van der Waals surface area contributed by atoms with Crippen molar-refractivity contribution in [3.05, 3.63) is 41.9 Å². The molecular formula is C10H7BO2. The van der Waals surface area contributed by atoms with Gasteiger partial charge in [0, 0.05) is 5.46 Å². The van der Waals surface area contributed by atoms with Gasteiger partial charge in [-0.15, -0.1) is 0 Å². The van der Waals surface area contributed by atoms with Crippen molar-refractivity contribution >= 4 is 24.7 Å². The van der Waals surface area contributed by atoms with E-state index in [-0.39, 0.29) is 7.12 Å². The summed E-state index contributed by atoms with van der Waals surface area (Å²) in [5.41, 5.74) is 3.49. The van der Waals surface area contributed by atoms with Crippen LogP contribution in [0.2, 0.25) is 0 Å². The lowest BCUT2D eigenvalue weighted by Gasteiger charge is -2.22. The predicted octanol–water partition coefficient (Wildman–Crippen LogP) is 1.38. The van der Waals surface area contributed by atoms with E-state index < -0.39 is 0 Å². The van der Waals surface area contributed by atoms with Crippen LogP contribution in [0.4, 0.5) is 0 Å². The highest BCUT2D eigenvalue weighted by Crippen LogP contribution is 2.17. The summed E-state index contributed by atoms with van der Waals surface area (Å²) in [4.78, 5) is 0. The molecule has 0 radical (unpaired) electrons. The van der Waals surface area contributed by atoms with Crippen LogP contribution >= 0.6 is 0 Å². The minimum absolute atomic E-state index is 0.249. The molecule has 2 nitrogen and oxygen atoms in total. The van der Waals surface area contributed by atoms with Gasteiger partial charge in [-0.1, -0.05) is 18.2 Å². The van der Waals surface area contributed by atoms with Crippen LogP contribution in [0.3, 0.4) is 0 Å². The summed E-state index contributed by atoms with van der Waals surface area (Å²) >= 11 is 0. The van der Waals surface area contributed by atoms with Gasteiger partial charge >= 0.3 is 7.12 Å². The van der Waals surface area contributed by atoms with Gasteiger partial charge in [-0.2, -0.15) is 0 Å². The van der Waals surface area contributed by atoms with E-state index in [1.165, 1.54) is 11.1 Å². The fourth-order valence-corrected chi connectivity index (χ4v) is 1.70. The summed E-state index contributed by atoms with van der Waals surface area (Å²) in [7, 11) is -0.249. The van der Waals surface area contributed by atoms with Gasteiger partial charge in [-0.25, -0.2) is 0 Å². The second-order valence-corrected chi connectivity index (χ2v) is 3.06. The van der Waals surface area contributed by atoms with Crippen molar-refractivity contribution in [2.45, 2.75) is 0 Å². The average Bonchev–Trinajstić information content (AvgIpc) is 2.19. The second kappa shape index (κ2) is 2.42. The zero-order valence-electron chi connectivity index (χ0n) is 6.94. The molecule has 62 valence electrons. The predicted molar refractivity (Wildman–Crippen MR) is 52.1 cm³/mol. The van der Waals surface area contributed by atoms with Crippen molar-refractivity contribution in [3.63, 3.8) is 0 Å². The lowest BCUT2D eigenvalue weighted by atomic mass is 9.70. The van der Waals surface area contributed by atoms with Crippen LogP contribution in [0.1, 0.15) is 11.1 Å². The highest BCUT2D eigenvalue weighted by atomic mass is 16.6. The van der Waals surface area contributed by atoms with Crippen LogP contribution in [0.15, 0.2) is 30.7 Å². The minimum atomic E-state index is -0.249. The van der Waals surface area contributed by atoms with E-state index in [0.717, 1.165) is 5.46 Å². The Bertz CT molecular complexity index is 375. The smallest absolute Gasteiger partial charge is 0.528 e. The molecule has 3 heteroatoms. The van der Waals surface area contributed by atoms with Gasteiger partial charge < -0.3 is 9.31 Å². The highest BCUT2D eigenvalue weighted by molar-refractivity contribution is 6.64. The Hall–Kier alpha value is -1.64. The van der Waals surface area contributed by atoms with Gasteiger partial charge in [0.15, 0.2) is 0 Å². The molecule has 2 heterocycles. The van der Waals surface area contributed by atoms with E-state index in [0.29, 0.717) is 0 Å². The van der Waals surface area contributed by atoms with Crippen LogP contribution in [0.5, 0.6) is 0 Å². The van der Waals surface area contributed by atoms with Gasteiger partial charge in [0.1, 0.15) is 0 Å². The van der Waals surface area contributed by atoms with Crippen LogP contribution in [0, 0.1) is 0 Å². The van der Waals surface area contributed by atoms with Crippen molar-refractivity contribution in [2.24, 2.45) is 0 Å². The largest absolute Gasteiger partial charge is 0.633 e. The second-order valence-electron chi connectivity index (χ2n) is 3.06. The quantitative estimate of drug-likeness (QED) is 0.547. The van der Waals surface area contributed by atoms with Crippen molar-refractivity contribution in [1.82, 2.24) is 0 Å². The van der Waals surface area contributed by atoms with Gasteiger partial charge in [0.05, 0.1) is 12.5 Å². The number of benzene rings is 1. The van der Waals surface area contributed by atoms with E-state index in [4.69, 9.17) is 9.31 Å². The number of hydrogen-bond acceptors (Lipinski definition) is 2. The summed E-state index contributed by atoms with van der Waals surface area (Å²) in [6.07, 6.45) is 7.27. The first-order valence-corrected chi connectivity index (χ1v) is 4.22. The molecule has 3 rings (SSSR count). The Morgan fingerprint density at radius 2 is 1.54 bits per heavy atom. The van der Waals surface area contributed by atoms with E-state index in [2.05, 4.69) is 12.1 Å². The summed E-state index contributed by atoms with van der Waals surface area (Å²) in [6, 6.07) is 6.16. The van der Waals surface area contributed by atoms with Gasteiger partial charge in [-0.05, 0) is 23.3 Å². The molecule has 0 fully saturated rings. The molecule has 0 saturated carbocycles. The Balaban J connectivity index is 2.31. The molecule has 0 amide bonds. The molecule has 1 aromatic rings. The van der Waals surface area contributed by atoms with Crippen LogP contribution in [-0.4, -0.2) is 7.12 Å². The fraction of sp³-hybridized carbons (Fsp3) is 0. The Kier molecular flexibility index (Phi) is 1.27. The molecule has 0 atom stereocenters. The first-order chi connectivity index (χ1) is 6.45. The minimum Gasteiger partial charge on any atom is -0.528 e. The third kappa shape index (κ3) is 0.901. The molecule has 0 aromatic heterocycles. The normalized spacial score (nSPS) is 16.2. The molecule has 0 aliphatic carbocycles. The zero-order valence-corrected chi connectivity index (χ0v) is 6.94.